The summed E-state index contributed by atoms with van der Waals surface area (Å²) in [7, 11) is 0. The van der Waals surface area contributed by atoms with E-state index in [4.69, 9.17) is 0 Å². The Labute approximate surface area is 188 Å². The van der Waals surface area contributed by atoms with Gasteiger partial charge in [-0.05, 0) is 49.7 Å². The van der Waals surface area contributed by atoms with E-state index >= 15 is 0 Å². The van der Waals surface area contributed by atoms with Crippen molar-refractivity contribution in [3.63, 3.8) is 0 Å². The first-order valence-electron chi connectivity index (χ1n) is 10.8. The second-order valence-corrected chi connectivity index (χ2v) is 8.19. The van der Waals surface area contributed by atoms with Crippen molar-refractivity contribution in [3.8, 4) is 11.3 Å². The van der Waals surface area contributed by atoms with Crippen molar-refractivity contribution in [3.05, 3.63) is 71.8 Å². The van der Waals surface area contributed by atoms with Gasteiger partial charge in [-0.15, -0.1) is 10.2 Å². The van der Waals surface area contributed by atoms with Crippen LogP contribution >= 0.6 is 0 Å². The highest BCUT2D eigenvalue weighted by atomic mass is 19.2. The Morgan fingerprint density at radius 1 is 1.06 bits per heavy atom. The Morgan fingerprint density at radius 3 is 2.64 bits per heavy atom. The lowest BCUT2D eigenvalue weighted by molar-refractivity contribution is -0.121. The molecule has 0 unspecified atom stereocenters. The van der Waals surface area contributed by atoms with Gasteiger partial charge in [-0.3, -0.25) is 14.8 Å². The third-order valence-corrected chi connectivity index (χ3v) is 6.00. The highest BCUT2D eigenvalue weighted by Crippen LogP contribution is 2.28. The number of piperidine rings is 1. The van der Waals surface area contributed by atoms with E-state index in [2.05, 4.69) is 42.7 Å². The van der Waals surface area contributed by atoms with Gasteiger partial charge in [0.15, 0.2) is 23.1 Å². The average Bonchev–Trinajstić information content (AvgIpc) is 3.24. The van der Waals surface area contributed by atoms with Crippen LogP contribution in [0.25, 0.3) is 22.3 Å². The van der Waals surface area contributed by atoms with E-state index in [0.29, 0.717) is 16.9 Å². The lowest BCUT2D eigenvalue weighted by Crippen LogP contribution is -2.37. The summed E-state index contributed by atoms with van der Waals surface area (Å²) < 4.78 is 27.8. The van der Waals surface area contributed by atoms with Gasteiger partial charge in [-0.25, -0.2) is 8.78 Å². The topological polar surface area (TPSA) is 86.8 Å². The van der Waals surface area contributed by atoms with Crippen LogP contribution in [0.3, 0.4) is 0 Å². The number of hydrogen-bond acceptors (Lipinski definition) is 5. The molecule has 1 fully saturated rings. The number of H-pyrrole nitrogens is 1. The van der Waals surface area contributed by atoms with Crippen molar-refractivity contribution in [2.45, 2.75) is 19.4 Å². The normalized spacial score (nSPS) is 15.1. The van der Waals surface area contributed by atoms with Crippen LogP contribution < -0.4 is 5.32 Å². The number of halogens is 2. The molecule has 1 aliphatic rings. The molecule has 4 aromatic rings. The van der Waals surface area contributed by atoms with E-state index in [0.717, 1.165) is 38.5 Å². The fourth-order valence-corrected chi connectivity index (χ4v) is 4.17. The summed E-state index contributed by atoms with van der Waals surface area (Å²) in [5.41, 5.74) is 1.76. The van der Waals surface area contributed by atoms with Gasteiger partial charge < -0.3 is 5.32 Å². The van der Waals surface area contributed by atoms with E-state index in [1.807, 2.05) is 18.2 Å². The second kappa shape index (κ2) is 9.03. The molecule has 2 aromatic carbocycles. The van der Waals surface area contributed by atoms with Crippen molar-refractivity contribution >= 4 is 22.8 Å². The highest BCUT2D eigenvalue weighted by Gasteiger charge is 2.26. The largest absolute Gasteiger partial charge is 0.308 e. The maximum absolute atomic E-state index is 14.2. The van der Waals surface area contributed by atoms with Gasteiger partial charge in [0.05, 0.1) is 11.1 Å². The maximum Gasteiger partial charge on any atom is 0.228 e. The third-order valence-electron chi connectivity index (χ3n) is 6.00. The Morgan fingerprint density at radius 2 is 1.85 bits per heavy atom. The molecule has 0 bridgehead atoms. The van der Waals surface area contributed by atoms with Crippen molar-refractivity contribution in [2.75, 3.05) is 18.4 Å². The van der Waals surface area contributed by atoms with Crippen LogP contribution in [0.4, 0.5) is 14.6 Å². The van der Waals surface area contributed by atoms with Gasteiger partial charge in [0.25, 0.3) is 0 Å². The minimum absolute atomic E-state index is 0.00587. The van der Waals surface area contributed by atoms with Crippen LogP contribution in [0.2, 0.25) is 0 Å². The predicted molar refractivity (Wildman–Crippen MR) is 120 cm³/mol. The van der Waals surface area contributed by atoms with E-state index in [1.54, 1.807) is 6.07 Å². The molecule has 0 aliphatic carbocycles. The molecule has 3 heterocycles. The zero-order chi connectivity index (χ0) is 22.8. The van der Waals surface area contributed by atoms with Gasteiger partial charge in [0.2, 0.25) is 5.91 Å². The summed E-state index contributed by atoms with van der Waals surface area (Å²) >= 11 is 0. The number of nitrogens with zero attached hydrogens (tertiary/aromatic N) is 4. The molecule has 0 saturated carbocycles. The van der Waals surface area contributed by atoms with Gasteiger partial charge in [-0.2, -0.15) is 5.10 Å². The van der Waals surface area contributed by atoms with E-state index in [9.17, 15) is 13.6 Å². The van der Waals surface area contributed by atoms with Crippen molar-refractivity contribution < 1.29 is 13.6 Å². The van der Waals surface area contributed by atoms with Gasteiger partial charge in [-0.1, -0.05) is 36.4 Å². The molecular formula is C24H22F2N6O. The minimum Gasteiger partial charge on any atom is -0.308 e. The number of nitrogens with one attached hydrogen (secondary N) is 2. The number of likely N-dealkylation sites (tertiary alicyclic amines) is 1. The van der Waals surface area contributed by atoms with Gasteiger partial charge >= 0.3 is 0 Å². The number of rotatable bonds is 5. The highest BCUT2D eigenvalue weighted by molar-refractivity contribution is 6.00. The molecule has 168 valence electrons. The van der Waals surface area contributed by atoms with Crippen molar-refractivity contribution in [1.82, 2.24) is 25.3 Å². The number of anilines is 1. The third kappa shape index (κ3) is 4.45. The van der Waals surface area contributed by atoms with E-state index in [-0.39, 0.29) is 23.1 Å². The zero-order valence-corrected chi connectivity index (χ0v) is 17.8. The number of fused-ring (bicyclic) bond motifs is 1. The summed E-state index contributed by atoms with van der Waals surface area (Å²) in [4.78, 5) is 15.2. The lowest BCUT2D eigenvalue weighted by Gasteiger charge is -2.31. The summed E-state index contributed by atoms with van der Waals surface area (Å²) in [6, 6.07) is 15.7. The molecule has 0 spiro atoms. The summed E-state index contributed by atoms with van der Waals surface area (Å²) in [6.45, 7) is 2.54. The molecular weight excluding hydrogens is 426 g/mol. The Kier molecular flexibility index (Phi) is 5.78. The Bertz CT molecular complexity index is 1280. The monoisotopic (exact) mass is 448 g/mol. The number of carbonyl (C=O) groups excluding carboxylic acids is 1. The maximum atomic E-state index is 14.2. The molecule has 33 heavy (non-hydrogen) atoms. The molecule has 1 amide bonds. The fourth-order valence-electron chi connectivity index (χ4n) is 4.17. The number of benzene rings is 2. The standard InChI is InChI=1S/C24H22F2N6O/c25-19-8-4-7-17(21(19)26)20-13-18-22(29-31-23(18)30-28-20)27-24(33)16-9-11-32(12-10-16)14-15-5-2-1-3-6-15/h1-8,13,16H,9-12,14H2,(H2,27,29,30,31,33). The average molecular weight is 448 g/mol. The van der Waals surface area contributed by atoms with Gasteiger partial charge in [0.1, 0.15) is 0 Å². The Hall–Kier alpha value is -3.72. The predicted octanol–water partition coefficient (Wildman–Crippen LogP) is 4.15. The number of aromatic amines is 1. The molecule has 2 N–H and O–H groups in total. The fraction of sp³-hybridized carbons (Fsp3) is 0.250. The number of amides is 1. The van der Waals surface area contributed by atoms with Crippen LogP contribution in [-0.2, 0) is 11.3 Å². The minimum atomic E-state index is -0.998. The van der Waals surface area contributed by atoms with Gasteiger partial charge in [0, 0.05) is 18.0 Å². The molecule has 0 radical (unpaired) electrons. The molecule has 1 aliphatic heterocycles. The van der Waals surface area contributed by atoms with Crippen LogP contribution in [-0.4, -0.2) is 44.3 Å². The number of hydrogen-bond donors (Lipinski definition) is 2. The first kappa shape index (κ1) is 21.1. The molecule has 9 heteroatoms. The summed E-state index contributed by atoms with van der Waals surface area (Å²) in [6.07, 6.45) is 1.50. The van der Waals surface area contributed by atoms with E-state index < -0.39 is 11.6 Å². The molecule has 5 rings (SSSR count). The SMILES string of the molecule is O=C(Nc1n[nH]c2nnc(-c3cccc(F)c3F)cc12)C1CCN(Cc2ccccc2)CC1. The molecule has 7 nitrogen and oxygen atoms in total. The molecule has 0 atom stereocenters. The van der Waals surface area contributed by atoms with Crippen LogP contribution in [0.5, 0.6) is 0 Å². The Balaban J connectivity index is 1.27. The smallest absolute Gasteiger partial charge is 0.228 e. The quantitative estimate of drug-likeness (QED) is 0.479. The number of aromatic nitrogens is 4. The van der Waals surface area contributed by atoms with Crippen LogP contribution in [0.1, 0.15) is 18.4 Å². The summed E-state index contributed by atoms with van der Waals surface area (Å²) in [5, 5.41) is 18.2. The van der Waals surface area contributed by atoms with Crippen molar-refractivity contribution in [1.29, 1.82) is 0 Å². The van der Waals surface area contributed by atoms with Crippen LogP contribution in [0, 0.1) is 17.6 Å². The lowest BCUT2D eigenvalue weighted by atomic mass is 9.95. The molecule has 2 aromatic heterocycles. The molecule has 1 saturated heterocycles. The zero-order valence-electron chi connectivity index (χ0n) is 17.8. The first-order chi connectivity index (χ1) is 16.1. The first-order valence-corrected chi connectivity index (χ1v) is 10.8. The van der Waals surface area contributed by atoms with E-state index in [1.165, 1.54) is 17.7 Å². The summed E-state index contributed by atoms with van der Waals surface area (Å²) in [5.74, 6) is -1.90. The second-order valence-electron chi connectivity index (χ2n) is 8.19. The number of carbonyl (C=O) groups is 1. The van der Waals surface area contributed by atoms with Crippen LogP contribution in [0.15, 0.2) is 54.6 Å². The van der Waals surface area contributed by atoms with Crippen molar-refractivity contribution in [2.24, 2.45) is 5.92 Å².